The Kier molecular flexibility index (Phi) is 3.70. The first-order valence-electron chi connectivity index (χ1n) is 5.72. The molecule has 100 valence electrons. The second-order valence-corrected chi connectivity index (χ2v) is 3.95. The van der Waals surface area contributed by atoms with Crippen molar-refractivity contribution in [1.82, 2.24) is 9.97 Å². The van der Waals surface area contributed by atoms with Crippen molar-refractivity contribution < 1.29 is 9.47 Å². The first-order valence-corrected chi connectivity index (χ1v) is 5.72. The van der Waals surface area contributed by atoms with Crippen molar-refractivity contribution in [3.63, 3.8) is 0 Å². The molecule has 1 aromatic carbocycles. The molecule has 3 N–H and O–H groups in total. The number of aryl methyl sites for hydroxylation is 1. The summed E-state index contributed by atoms with van der Waals surface area (Å²) in [6.45, 7) is 1.97. The number of nitrogen functional groups attached to an aromatic ring is 1. The Balaban J connectivity index is 2.31. The Morgan fingerprint density at radius 2 is 1.95 bits per heavy atom. The summed E-state index contributed by atoms with van der Waals surface area (Å²) in [5.74, 6) is 1.67. The largest absolute Gasteiger partial charge is 0.497 e. The number of hydrogen-bond acceptors (Lipinski definition) is 6. The van der Waals surface area contributed by atoms with E-state index >= 15 is 0 Å². The van der Waals surface area contributed by atoms with E-state index in [0.29, 0.717) is 17.4 Å². The highest BCUT2D eigenvalue weighted by atomic mass is 16.5. The van der Waals surface area contributed by atoms with Crippen LogP contribution in [0.4, 0.5) is 17.2 Å². The van der Waals surface area contributed by atoms with Gasteiger partial charge in [-0.25, -0.2) is 4.98 Å². The van der Waals surface area contributed by atoms with Crippen LogP contribution < -0.4 is 20.5 Å². The molecule has 0 saturated carbocycles. The number of nitrogens with two attached hydrogens (primary N) is 1. The van der Waals surface area contributed by atoms with E-state index in [1.807, 2.05) is 25.1 Å². The molecule has 19 heavy (non-hydrogen) atoms. The maximum atomic E-state index is 5.91. The van der Waals surface area contributed by atoms with Gasteiger partial charge in [-0.1, -0.05) is 0 Å². The van der Waals surface area contributed by atoms with E-state index in [0.717, 1.165) is 17.0 Å². The van der Waals surface area contributed by atoms with E-state index in [1.165, 1.54) is 13.4 Å². The Labute approximate surface area is 111 Å². The van der Waals surface area contributed by atoms with Gasteiger partial charge in [-0.2, -0.15) is 4.98 Å². The maximum Gasteiger partial charge on any atom is 0.242 e. The van der Waals surface area contributed by atoms with Gasteiger partial charge in [-0.3, -0.25) is 0 Å². The second-order valence-electron chi connectivity index (χ2n) is 3.95. The van der Waals surface area contributed by atoms with Crippen LogP contribution in [-0.4, -0.2) is 24.2 Å². The molecule has 0 amide bonds. The van der Waals surface area contributed by atoms with E-state index in [-0.39, 0.29) is 0 Å². The minimum Gasteiger partial charge on any atom is -0.497 e. The molecule has 2 rings (SSSR count). The van der Waals surface area contributed by atoms with Crippen molar-refractivity contribution in [2.45, 2.75) is 6.92 Å². The van der Waals surface area contributed by atoms with Gasteiger partial charge in [0.05, 0.1) is 14.2 Å². The molecule has 0 radical (unpaired) electrons. The van der Waals surface area contributed by atoms with Crippen LogP contribution in [0.2, 0.25) is 0 Å². The molecule has 0 aliphatic heterocycles. The first-order chi connectivity index (χ1) is 9.15. The maximum absolute atomic E-state index is 5.91. The van der Waals surface area contributed by atoms with Gasteiger partial charge >= 0.3 is 0 Å². The predicted octanol–water partition coefficient (Wildman–Crippen LogP) is 2.13. The van der Waals surface area contributed by atoms with Crippen molar-refractivity contribution in [2.75, 3.05) is 25.3 Å². The van der Waals surface area contributed by atoms with Crippen molar-refractivity contribution in [2.24, 2.45) is 0 Å². The second kappa shape index (κ2) is 5.43. The molecule has 0 atom stereocenters. The van der Waals surface area contributed by atoms with Crippen molar-refractivity contribution in [3.05, 3.63) is 30.1 Å². The lowest BCUT2D eigenvalue weighted by Gasteiger charge is -2.12. The Morgan fingerprint density at radius 3 is 2.58 bits per heavy atom. The summed E-state index contributed by atoms with van der Waals surface area (Å²) in [5.41, 5.74) is 8.21. The molecular weight excluding hydrogens is 244 g/mol. The zero-order valence-corrected chi connectivity index (χ0v) is 11.1. The standard InChI is InChI=1S/C13H16N4O2/c1-8-6-9(18-2)4-5-10(8)17-12-11(14)13(19-3)16-7-15-12/h4-7H,14H2,1-3H3,(H,15,16,17). The van der Waals surface area contributed by atoms with Crippen molar-refractivity contribution >= 4 is 17.2 Å². The lowest BCUT2D eigenvalue weighted by Crippen LogP contribution is -2.04. The van der Waals surface area contributed by atoms with Gasteiger partial charge < -0.3 is 20.5 Å². The fraction of sp³-hybridized carbons (Fsp3) is 0.231. The summed E-state index contributed by atoms with van der Waals surface area (Å²) in [5, 5.41) is 3.15. The fourth-order valence-electron chi connectivity index (χ4n) is 1.67. The molecule has 6 heteroatoms. The quantitative estimate of drug-likeness (QED) is 0.876. The van der Waals surface area contributed by atoms with Crippen LogP contribution >= 0.6 is 0 Å². The van der Waals surface area contributed by atoms with Gasteiger partial charge in [0.2, 0.25) is 5.88 Å². The van der Waals surface area contributed by atoms with Gasteiger partial charge in [0.25, 0.3) is 0 Å². The number of benzene rings is 1. The van der Waals surface area contributed by atoms with Crippen LogP contribution in [0.5, 0.6) is 11.6 Å². The lowest BCUT2D eigenvalue weighted by atomic mass is 10.2. The van der Waals surface area contributed by atoms with Gasteiger partial charge in [0, 0.05) is 5.69 Å². The molecule has 0 saturated heterocycles. The van der Waals surface area contributed by atoms with E-state index in [4.69, 9.17) is 15.2 Å². The summed E-state index contributed by atoms with van der Waals surface area (Å²) in [6, 6.07) is 5.70. The number of methoxy groups -OCH3 is 2. The SMILES string of the molecule is COc1ccc(Nc2ncnc(OC)c2N)c(C)c1. The van der Waals surface area contributed by atoms with Crippen molar-refractivity contribution in [3.8, 4) is 11.6 Å². The highest BCUT2D eigenvalue weighted by Crippen LogP contribution is 2.29. The Hall–Kier alpha value is -2.50. The predicted molar refractivity (Wildman–Crippen MR) is 74.0 cm³/mol. The molecule has 0 spiro atoms. The summed E-state index contributed by atoms with van der Waals surface area (Å²) < 4.78 is 10.2. The number of ether oxygens (including phenoxy) is 2. The third kappa shape index (κ3) is 2.67. The van der Waals surface area contributed by atoms with E-state index in [1.54, 1.807) is 7.11 Å². The summed E-state index contributed by atoms with van der Waals surface area (Å²) in [7, 11) is 3.15. The number of rotatable bonds is 4. The molecule has 2 aromatic rings. The number of hydrogen-bond donors (Lipinski definition) is 2. The van der Waals surface area contributed by atoms with E-state index in [9.17, 15) is 0 Å². The van der Waals surface area contributed by atoms with Crippen LogP contribution in [0.3, 0.4) is 0 Å². The van der Waals surface area contributed by atoms with Crippen molar-refractivity contribution in [1.29, 1.82) is 0 Å². The van der Waals surface area contributed by atoms with Crippen LogP contribution in [0.1, 0.15) is 5.56 Å². The molecule has 0 aliphatic rings. The monoisotopic (exact) mass is 260 g/mol. The van der Waals surface area contributed by atoms with Crippen LogP contribution in [0, 0.1) is 6.92 Å². The molecule has 1 aromatic heterocycles. The lowest BCUT2D eigenvalue weighted by molar-refractivity contribution is 0.399. The van der Waals surface area contributed by atoms with Crippen LogP contribution in [0.15, 0.2) is 24.5 Å². The van der Waals surface area contributed by atoms with Gasteiger partial charge in [0.1, 0.15) is 17.8 Å². The first kappa shape index (κ1) is 12.9. The average molecular weight is 260 g/mol. The fourth-order valence-corrected chi connectivity index (χ4v) is 1.67. The average Bonchev–Trinajstić information content (AvgIpc) is 2.43. The summed E-state index contributed by atoms with van der Waals surface area (Å²) in [4.78, 5) is 8.04. The van der Waals surface area contributed by atoms with E-state index < -0.39 is 0 Å². The van der Waals surface area contributed by atoms with E-state index in [2.05, 4.69) is 15.3 Å². The number of anilines is 3. The summed E-state index contributed by atoms with van der Waals surface area (Å²) >= 11 is 0. The normalized spacial score (nSPS) is 10.1. The number of nitrogens with one attached hydrogen (secondary N) is 1. The highest BCUT2D eigenvalue weighted by Gasteiger charge is 2.09. The zero-order chi connectivity index (χ0) is 13.8. The molecular formula is C13H16N4O2. The van der Waals surface area contributed by atoms with Crippen LogP contribution in [0.25, 0.3) is 0 Å². The molecule has 0 bridgehead atoms. The number of nitrogens with zero attached hydrogens (tertiary/aromatic N) is 2. The summed E-state index contributed by atoms with van der Waals surface area (Å²) in [6.07, 6.45) is 1.40. The Morgan fingerprint density at radius 1 is 1.16 bits per heavy atom. The highest BCUT2D eigenvalue weighted by molar-refractivity contribution is 5.73. The smallest absolute Gasteiger partial charge is 0.242 e. The van der Waals surface area contributed by atoms with Gasteiger partial charge in [-0.15, -0.1) is 0 Å². The van der Waals surface area contributed by atoms with Gasteiger partial charge in [-0.05, 0) is 30.7 Å². The number of aromatic nitrogens is 2. The third-order valence-electron chi connectivity index (χ3n) is 2.73. The third-order valence-corrected chi connectivity index (χ3v) is 2.73. The molecule has 6 nitrogen and oxygen atoms in total. The zero-order valence-electron chi connectivity index (χ0n) is 11.1. The van der Waals surface area contributed by atoms with Gasteiger partial charge in [0.15, 0.2) is 5.82 Å². The molecule has 0 fully saturated rings. The molecule has 1 heterocycles. The molecule has 0 unspecified atom stereocenters. The van der Waals surface area contributed by atoms with Crippen LogP contribution in [-0.2, 0) is 0 Å². The Bertz CT molecular complexity index is 587. The minimum atomic E-state index is 0.351. The minimum absolute atomic E-state index is 0.351. The molecule has 0 aliphatic carbocycles. The topological polar surface area (TPSA) is 82.3 Å².